The van der Waals surface area contributed by atoms with Crippen molar-refractivity contribution in [3.8, 4) is 0 Å². The zero-order valence-corrected chi connectivity index (χ0v) is 15.2. The standard InChI is InChI=1S/C17H18N2O3S2/c1-11-4-6-13(7-5-11)12(2)18-24(21,22)14-8-9-15-16(10-14)23-17(20)19(15)3/h4-10,12,18H,1-3H3/t12-/m0/s1. The van der Waals surface area contributed by atoms with Gasteiger partial charge in [0.2, 0.25) is 10.0 Å². The van der Waals surface area contributed by atoms with Crippen molar-refractivity contribution in [2.45, 2.75) is 24.8 Å². The minimum Gasteiger partial charge on any atom is -0.302 e. The lowest BCUT2D eigenvalue weighted by atomic mass is 10.1. The topological polar surface area (TPSA) is 68.2 Å². The lowest BCUT2D eigenvalue weighted by molar-refractivity contribution is 0.567. The van der Waals surface area contributed by atoms with Crippen LogP contribution in [0.4, 0.5) is 0 Å². The summed E-state index contributed by atoms with van der Waals surface area (Å²) in [4.78, 5) is 11.8. The summed E-state index contributed by atoms with van der Waals surface area (Å²) in [6.07, 6.45) is 0. The number of hydrogen-bond donors (Lipinski definition) is 1. The van der Waals surface area contributed by atoms with Gasteiger partial charge in [-0.2, -0.15) is 0 Å². The first-order valence-corrected chi connectivity index (χ1v) is 9.76. The van der Waals surface area contributed by atoms with Gasteiger partial charge in [-0.25, -0.2) is 13.1 Å². The molecule has 1 heterocycles. The summed E-state index contributed by atoms with van der Waals surface area (Å²) < 4.78 is 30.1. The first kappa shape index (κ1) is 16.9. The summed E-state index contributed by atoms with van der Waals surface area (Å²) in [6.45, 7) is 3.79. The summed E-state index contributed by atoms with van der Waals surface area (Å²) >= 11 is 1.04. The number of thiazole rings is 1. The van der Waals surface area contributed by atoms with Gasteiger partial charge in [0.1, 0.15) is 0 Å². The van der Waals surface area contributed by atoms with Crippen molar-refractivity contribution < 1.29 is 8.42 Å². The molecule has 3 aromatic rings. The quantitative estimate of drug-likeness (QED) is 0.776. The molecule has 126 valence electrons. The summed E-state index contributed by atoms with van der Waals surface area (Å²) in [6, 6.07) is 12.1. The van der Waals surface area contributed by atoms with Crippen LogP contribution in [-0.2, 0) is 17.1 Å². The highest BCUT2D eigenvalue weighted by molar-refractivity contribution is 7.89. The van der Waals surface area contributed by atoms with Gasteiger partial charge >= 0.3 is 4.87 Å². The first-order valence-electron chi connectivity index (χ1n) is 7.46. The molecule has 0 aliphatic carbocycles. The van der Waals surface area contributed by atoms with Crippen molar-refractivity contribution in [1.82, 2.24) is 9.29 Å². The molecule has 0 saturated heterocycles. The number of rotatable bonds is 4. The van der Waals surface area contributed by atoms with Crippen LogP contribution < -0.4 is 9.60 Å². The first-order chi connectivity index (χ1) is 11.3. The van der Waals surface area contributed by atoms with Gasteiger partial charge in [-0.15, -0.1) is 0 Å². The minimum atomic E-state index is -3.67. The Kier molecular flexibility index (Phi) is 4.33. The van der Waals surface area contributed by atoms with Gasteiger partial charge in [0.05, 0.1) is 15.1 Å². The van der Waals surface area contributed by atoms with Gasteiger partial charge in [0.15, 0.2) is 0 Å². The van der Waals surface area contributed by atoms with Gasteiger partial charge < -0.3 is 4.57 Å². The van der Waals surface area contributed by atoms with Crippen LogP contribution in [0.3, 0.4) is 0 Å². The lowest BCUT2D eigenvalue weighted by Crippen LogP contribution is -2.26. The highest BCUT2D eigenvalue weighted by Crippen LogP contribution is 2.23. The van der Waals surface area contributed by atoms with Crippen molar-refractivity contribution in [3.05, 3.63) is 63.3 Å². The SMILES string of the molecule is Cc1ccc([C@H](C)NS(=O)(=O)c2ccc3c(c2)sc(=O)n3C)cc1. The van der Waals surface area contributed by atoms with Crippen molar-refractivity contribution in [2.24, 2.45) is 7.05 Å². The maximum Gasteiger partial charge on any atom is 0.307 e. The molecule has 0 aliphatic heterocycles. The Morgan fingerprint density at radius 2 is 1.79 bits per heavy atom. The molecule has 1 N–H and O–H groups in total. The molecule has 0 fully saturated rings. The smallest absolute Gasteiger partial charge is 0.302 e. The second-order valence-electron chi connectivity index (χ2n) is 5.81. The van der Waals surface area contributed by atoms with E-state index in [1.54, 1.807) is 19.2 Å². The van der Waals surface area contributed by atoms with Crippen LogP contribution in [-0.4, -0.2) is 13.0 Å². The van der Waals surface area contributed by atoms with Crippen LogP contribution in [0.15, 0.2) is 52.2 Å². The molecule has 3 rings (SSSR count). The number of nitrogens with zero attached hydrogens (tertiary/aromatic N) is 1. The molecule has 1 atom stereocenters. The van der Waals surface area contributed by atoms with Gasteiger partial charge in [0, 0.05) is 13.1 Å². The van der Waals surface area contributed by atoms with E-state index in [2.05, 4.69) is 4.72 Å². The lowest BCUT2D eigenvalue weighted by Gasteiger charge is -2.15. The van der Waals surface area contributed by atoms with Crippen molar-refractivity contribution >= 4 is 31.6 Å². The Labute approximate surface area is 144 Å². The summed E-state index contributed by atoms with van der Waals surface area (Å²) in [5.41, 5.74) is 2.75. The van der Waals surface area contributed by atoms with Crippen molar-refractivity contribution in [1.29, 1.82) is 0 Å². The Balaban J connectivity index is 1.92. The Bertz CT molecular complexity index is 1050. The van der Waals surface area contributed by atoms with E-state index in [4.69, 9.17) is 0 Å². The molecule has 0 amide bonds. The van der Waals surface area contributed by atoms with E-state index in [0.29, 0.717) is 4.70 Å². The molecule has 0 spiro atoms. The Morgan fingerprint density at radius 3 is 2.46 bits per heavy atom. The Morgan fingerprint density at radius 1 is 1.12 bits per heavy atom. The van der Waals surface area contributed by atoms with Gasteiger partial charge in [-0.05, 0) is 37.6 Å². The van der Waals surface area contributed by atoms with Gasteiger partial charge in [-0.1, -0.05) is 41.2 Å². The van der Waals surface area contributed by atoms with E-state index in [1.807, 2.05) is 38.1 Å². The Hall–Kier alpha value is -1.96. The number of benzene rings is 2. The minimum absolute atomic E-state index is 0.111. The molecule has 5 nitrogen and oxygen atoms in total. The van der Waals surface area contributed by atoms with E-state index in [-0.39, 0.29) is 15.8 Å². The third kappa shape index (κ3) is 3.15. The zero-order chi connectivity index (χ0) is 17.5. The third-order valence-corrected chi connectivity index (χ3v) is 6.52. The number of aromatic nitrogens is 1. The highest BCUT2D eigenvalue weighted by Gasteiger charge is 2.19. The monoisotopic (exact) mass is 362 g/mol. The van der Waals surface area contributed by atoms with Crippen LogP contribution in [0.1, 0.15) is 24.1 Å². The largest absolute Gasteiger partial charge is 0.307 e. The van der Waals surface area contributed by atoms with Crippen LogP contribution in [0.2, 0.25) is 0 Å². The molecule has 0 bridgehead atoms. The number of nitrogens with one attached hydrogen (secondary N) is 1. The molecule has 7 heteroatoms. The number of aryl methyl sites for hydroxylation is 2. The second-order valence-corrected chi connectivity index (χ2v) is 8.52. The zero-order valence-electron chi connectivity index (χ0n) is 13.6. The molecule has 0 radical (unpaired) electrons. The molecular formula is C17H18N2O3S2. The predicted molar refractivity (Wildman–Crippen MR) is 97.0 cm³/mol. The molecule has 2 aromatic carbocycles. The van der Waals surface area contributed by atoms with Gasteiger partial charge in [0.25, 0.3) is 0 Å². The average molecular weight is 362 g/mol. The second kappa shape index (κ2) is 6.16. The van der Waals surface area contributed by atoms with E-state index in [0.717, 1.165) is 28.0 Å². The average Bonchev–Trinajstić information content (AvgIpc) is 2.82. The summed E-state index contributed by atoms with van der Waals surface area (Å²) in [7, 11) is -1.99. The number of sulfonamides is 1. The molecule has 0 unspecified atom stereocenters. The fourth-order valence-corrected chi connectivity index (χ4v) is 4.76. The van der Waals surface area contributed by atoms with Crippen LogP contribution >= 0.6 is 11.3 Å². The van der Waals surface area contributed by atoms with E-state index in [9.17, 15) is 13.2 Å². The number of fused-ring (bicyclic) bond motifs is 1. The van der Waals surface area contributed by atoms with Gasteiger partial charge in [-0.3, -0.25) is 4.79 Å². The van der Waals surface area contributed by atoms with Crippen LogP contribution in [0.5, 0.6) is 0 Å². The highest BCUT2D eigenvalue weighted by atomic mass is 32.2. The van der Waals surface area contributed by atoms with Crippen LogP contribution in [0, 0.1) is 6.92 Å². The third-order valence-electron chi connectivity index (χ3n) is 3.98. The maximum absolute atomic E-state index is 12.6. The molecule has 0 aliphatic rings. The van der Waals surface area contributed by atoms with Crippen molar-refractivity contribution in [3.63, 3.8) is 0 Å². The summed E-state index contributed by atoms with van der Waals surface area (Å²) in [5, 5.41) is 0. The fraction of sp³-hybridized carbons (Fsp3) is 0.235. The molecule has 1 aromatic heterocycles. The maximum atomic E-state index is 12.6. The van der Waals surface area contributed by atoms with E-state index in [1.165, 1.54) is 10.6 Å². The number of hydrogen-bond acceptors (Lipinski definition) is 4. The van der Waals surface area contributed by atoms with E-state index >= 15 is 0 Å². The molecule has 24 heavy (non-hydrogen) atoms. The van der Waals surface area contributed by atoms with Crippen LogP contribution in [0.25, 0.3) is 10.2 Å². The van der Waals surface area contributed by atoms with Crippen molar-refractivity contribution in [2.75, 3.05) is 0 Å². The fourth-order valence-electron chi connectivity index (χ4n) is 2.51. The molecular weight excluding hydrogens is 344 g/mol. The normalized spacial score (nSPS) is 13.3. The van der Waals surface area contributed by atoms with E-state index < -0.39 is 10.0 Å². The predicted octanol–water partition coefficient (Wildman–Crippen LogP) is 2.95. The molecule has 0 saturated carbocycles. The summed E-state index contributed by atoms with van der Waals surface area (Å²) in [5.74, 6) is 0.